The molecule has 0 bridgehead atoms. The minimum Gasteiger partial charge on any atom is -0.497 e. The smallest absolute Gasteiger partial charge is 0.177 e. The topological polar surface area (TPSA) is 50.3 Å². The van der Waals surface area contributed by atoms with Gasteiger partial charge in [-0.2, -0.15) is 0 Å². The summed E-state index contributed by atoms with van der Waals surface area (Å²) in [5.74, 6) is 0.814. The number of hydrogen-bond acceptors (Lipinski definition) is 5. The minimum absolute atomic E-state index is 0.607. The number of nitrogens with one attached hydrogen (secondary N) is 1. The van der Waals surface area contributed by atoms with E-state index in [-0.39, 0.29) is 0 Å². The molecule has 7 heteroatoms. The predicted octanol–water partition coefficient (Wildman–Crippen LogP) is 5.84. The van der Waals surface area contributed by atoms with Crippen LogP contribution in [0.2, 0.25) is 0 Å². The van der Waals surface area contributed by atoms with Gasteiger partial charge < -0.3 is 15.0 Å². The highest BCUT2D eigenvalue weighted by Gasteiger charge is 2.12. The van der Waals surface area contributed by atoms with Gasteiger partial charge in [0, 0.05) is 28.5 Å². The first-order chi connectivity index (χ1) is 14.6. The van der Waals surface area contributed by atoms with Crippen molar-refractivity contribution in [3.8, 4) is 5.75 Å². The molecular weight excluding hydrogens is 412 g/mol. The van der Waals surface area contributed by atoms with Crippen LogP contribution in [0.15, 0.2) is 66.7 Å². The van der Waals surface area contributed by atoms with Gasteiger partial charge in [-0.25, -0.2) is 9.97 Å². The van der Waals surface area contributed by atoms with E-state index in [0.29, 0.717) is 5.11 Å². The number of methoxy groups -OCH3 is 1. The standard InChI is InChI=1S/C23H18N4OS2/c1-27(15-8-10-16(28-2)11-9-15)23(29)24-14-7-12-20-17(13-14)21-22(30-20)26-19-6-4-3-5-18(19)25-21/h3-13H,1-2H3,(H,24,29). The fraction of sp³-hybridized carbons (Fsp3) is 0.0870. The zero-order valence-corrected chi connectivity index (χ0v) is 18.1. The van der Waals surface area contributed by atoms with Crippen LogP contribution in [0.1, 0.15) is 0 Å². The highest BCUT2D eigenvalue weighted by Crippen LogP contribution is 2.34. The third kappa shape index (κ3) is 3.32. The molecule has 0 aliphatic heterocycles. The van der Waals surface area contributed by atoms with E-state index in [1.807, 2.05) is 66.5 Å². The van der Waals surface area contributed by atoms with Crippen LogP contribution < -0.4 is 15.0 Å². The summed E-state index contributed by atoms with van der Waals surface area (Å²) in [6.07, 6.45) is 0. The monoisotopic (exact) mass is 430 g/mol. The van der Waals surface area contributed by atoms with Crippen molar-refractivity contribution in [1.29, 1.82) is 0 Å². The number of rotatable bonds is 3. The molecule has 30 heavy (non-hydrogen) atoms. The highest BCUT2D eigenvalue weighted by atomic mass is 32.1. The summed E-state index contributed by atoms with van der Waals surface area (Å²) >= 11 is 7.28. The number of benzene rings is 3. The molecule has 1 N–H and O–H groups in total. The van der Waals surface area contributed by atoms with Crippen LogP contribution in [0, 0.1) is 0 Å². The Bertz CT molecular complexity index is 1400. The summed E-state index contributed by atoms with van der Waals surface area (Å²) in [5, 5.41) is 5.02. The third-order valence-corrected chi connectivity index (χ3v) is 6.43. The second-order valence-corrected chi connectivity index (χ2v) is 8.28. The number of aromatic nitrogens is 2. The summed E-state index contributed by atoms with van der Waals surface area (Å²) in [4.78, 5) is 12.5. The van der Waals surface area contributed by atoms with Crippen molar-refractivity contribution >= 4 is 71.5 Å². The van der Waals surface area contributed by atoms with Crippen molar-refractivity contribution in [2.24, 2.45) is 0 Å². The van der Waals surface area contributed by atoms with Gasteiger partial charge >= 0.3 is 0 Å². The highest BCUT2D eigenvalue weighted by molar-refractivity contribution is 7.80. The van der Waals surface area contributed by atoms with Crippen molar-refractivity contribution in [1.82, 2.24) is 9.97 Å². The first kappa shape index (κ1) is 18.7. The molecule has 0 saturated carbocycles. The van der Waals surface area contributed by atoms with Gasteiger partial charge in [-0.3, -0.25) is 0 Å². The Morgan fingerprint density at radius 2 is 1.73 bits per heavy atom. The molecule has 2 heterocycles. The normalized spacial score (nSPS) is 11.1. The van der Waals surface area contributed by atoms with Gasteiger partial charge in [0.2, 0.25) is 0 Å². The average molecular weight is 431 g/mol. The van der Waals surface area contributed by atoms with E-state index in [9.17, 15) is 0 Å². The second-order valence-electron chi connectivity index (χ2n) is 6.87. The van der Waals surface area contributed by atoms with E-state index in [4.69, 9.17) is 26.9 Å². The fourth-order valence-corrected chi connectivity index (χ4v) is 4.58. The summed E-state index contributed by atoms with van der Waals surface area (Å²) in [6, 6.07) is 22.0. The maximum atomic E-state index is 5.62. The van der Waals surface area contributed by atoms with Crippen LogP contribution in [0.3, 0.4) is 0 Å². The van der Waals surface area contributed by atoms with E-state index in [0.717, 1.165) is 48.6 Å². The van der Waals surface area contributed by atoms with Crippen molar-refractivity contribution in [2.75, 3.05) is 24.4 Å². The van der Waals surface area contributed by atoms with E-state index in [2.05, 4.69) is 17.4 Å². The first-order valence-corrected chi connectivity index (χ1v) is 10.6. The molecule has 0 fully saturated rings. The lowest BCUT2D eigenvalue weighted by Crippen LogP contribution is -2.30. The molecule has 2 aromatic heterocycles. The molecule has 5 nitrogen and oxygen atoms in total. The lowest BCUT2D eigenvalue weighted by atomic mass is 10.2. The average Bonchev–Trinajstić information content (AvgIpc) is 3.13. The number of thiophene rings is 1. The van der Waals surface area contributed by atoms with Gasteiger partial charge in [0.15, 0.2) is 5.11 Å². The van der Waals surface area contributed by atoms with E-state index >= 15 is 0 Å². The number of ether oxygens (including phenoxy) is 1. The van der Waals surface area contributed by atoms with Crippen molar-refractivity contribution < 1.29 is 4.74 Å². The molecule has 148 valence electrons. The fourth-order valence-electron chi connectivity index (χ4n) is 3.35. The lowest BCUT2D eigenvalue weighted by molar-refractivity contribution is 0.415. The van der Waals surface area contributed by atoms with Gasteiger partial charge in [0.05, 0.1) is 18.1 Å². The Hall–Kier alpha value is -3.29. The maximum absolute atomic E-state index is 5.62. The molecule has 0 atom stereocenters. The van der Waals surface area contributed by atoms with Crippen LogP contribution in [0.5, 0.6) is 5.75 Å². The van der Waals surface area contributed by atoms with E-state index in [1.54, 1.807) is 18.4 Å². The first-order valence-electron chi connectivity index (χ1n) is 9.40. The summed E-state index contributed by atoms with van der Waals surface area (Å²) in [7, 11) is 3.59. The molecule has 0 spiro atoms. The Balaban J connectivity index is 1.47. The van der Waals surface area contributed by atoms with Gasteiger partial charge in [-0.1, -0.05) is 12.1 Å². The summed E-state index contributed by atoms with van der Waals surface area (Å²) < 4.78 is 6.38. The molecule has 5 rings (SSSR count). The largest absolute Gasteiger partial charge is 0.497 e. The van der Waals surface area contributed by atoms with Crippen LogP contribution in [-0.2, 0) is 0 Å². The molecule has 3 aromatic carbocycles. The minimum atomic E-state index is 0.607. The van der Waals surface area contributed by atoms with E-state index < -0.39 is 0 Å². The molecule has 0 saturated heterocycles. The van der Waals surface area contributed by atoms with Crippen LogP contribution in [0.25, 0.3) is 31.5 Å². The number of thiocarbonyl (C=S) groups is 1. The van der Waals surface area contributed by atoms with Crippen molar-refractivity contribution in [3.63, 3.8) is 0 Å². The SMILES string of the molecule is COc1ccc(N(C)C(=S)Nc2ccc3sc4nc5ccccc5nc4c3c2)cc1. The Labute approximate surface area is 182 Å². The van der Waals surface area contributed by atoms with Crippen molar-refractivity contribution in [2.45, 2.75) is 0 Å². The quantitative estimate of drug-likeness (QED) is 0.363. The molecular formula is C23H18N4OS2. The third-order valence-electron chi connectivity index (χ3n) is 5.00. The van der Waals surface area contributed by atoms with Gasteiger partial charge in [-0.15, -0.1) is 11.3 Å². The molecule has 0 aliphatic rings. The maximum Gasteiger partial charge on any atom is 0.177 e. The molecule has 0 amide bonds. The number of nitrogens with zero attached hydrogens (tertiary/aromatic N) is 3. The number of anilines is 2. The Morgan fingerprint density at radius 1 is 1.00 bits per heavy atom. The zero-order chi connectivity index (χ0) is 20.7. The van der Waals surface area contributed by atoms with Gasteiger partial charge in [0.1, 0.15) is 16.1 Å². The molecule has 0 unspecified atom stereocenters. The van der Waals surface area contributed by atoms with Crippen LogP contribution in [0.4, 0.5) is 11.4 Å². The van der Waals surface area contributed by atoms with E-state index in [1.165, 1.54) is 0 Å². The second kappa shape index (κ2) is 7.51. The number of fused-ring (bicyclic) bond motifs is 4. The van der Waals surface area contributed by atoms with Gasteiger partial charge in [-0.05, 0) is 66.8 Å². The lowest BCUT2D eigenvalue weighted by Gasteiger charge is -2.21. The summed E-state index contributed by atoms with van der Waals surface area (Å²) in [5.41, 5.74) is 4.64. The van der Waals surface area contributed by atoms with Crippen LogP contribution >= 0.6 is 23.6 Å². The summed E-state index contributed by atoms with van der Waals surface area (Å²) in [6.45, 7) is 0. The number of para-hydroxylation sites is 2. The predicted molar refractivity (Wildman–Crippen MR) is 130 cm³/mol. The molecule has 0 radical (unpaired) electrons. The molecule has 0 aliphatic carbocycles. The molecule has 5 aromatic rings. The Kier molecular flexibility index (Phi) is 4.69. The van der Waals surface area contributed by atoms with Crippen LogP contribution in [-0.4, -0.2) is 29.2 Å². The van der Waals surface area contributed by atoms with Crippen molar-refractivity contribution in [3.05, 3.63) is 66.7 Å². The zero-order valence-electron chi connectivity index (χ0n) is 16.4. The number of hydrogen-bond donors (Lipinski definition) is 1. The van der Waals surface area contributed by atoms with Gasteiger partial charge in [0.25, 0.3) is 0 Å². The Morgan fingerprint density at radius 3 is 2.47 bits per heavy atom.